The Morgan fingerprint density at radius 2 is 1.77 bits per heavy atom. The van der Waals surface area contributed by atoms with E-state index in [2.05, 4.69) is 0 Å². The van der Waals surface area contributed by atoms with Gasteiger partial charge < -0.3 is 5.11 Å². The van der Waals surface area contributed by atoms with Crippen molar-refractivity contribution in [3.8, 4) is 0 Å². The second-order valence-electron chi connectivity index (χ2n) is 6.44. The van der Waals surface area contributed by atoms with Crippen LogP contribution in [0.5, 0.6) is 0 Å². The summed E-state index contributed by atoms with van der Waals surface area (Å²) >= 11 is 0. The average molecular weight is 353 g/mol. The summed E-state index contributed by atoms with van der Waals surface area (Å²) < 4.78 is 13.4. The highest BCUT2D eigenvalue weighted by molar-refractivity contribution is 6.16. The van der Waals surface area contributed by atoms with E-state index in [1.165, 1.54) is 29.2 Å². The molecule has 26 heavy (non-hydrogen) atoms. The summed E-state index contributed by atoms with van der Waals surface area (Å²) in [6.07, 6.45) is 0.158. The van der Waals surface area contributed by atoms with Gasteiger partial charge in [0.25, 0.3) is 5.91 Å². The standard InChI is InChI=1S/C21H20FNO3/c1-4-17(24)18-19(14-6-8-15(22)9-7-14)23(21(26)20(18)25)16-10-5-12(2)13(3)11-16/h5-11,19,25H,4H2,1-3H3. The molecule has 0 radical (unpaired) electrons. The first-order valence-electron chi connectivity index (χ1n) is 8.47. The molecule has 5 heteroatoms. The molecular weight excluding hydrogens is 333 g/mol. The van der Waals surface area contributed by atoms with Crippen molar-refractivity contribution in [3.05, 3.63) is 76.3 Å². The van der Waals surface area contributed by atoms with E-state index < -0.39 is 23.5 Å². The van der Waals surface area contributed by atoms with Gasteiger partial charge in [0.05, 0.1) is 11.6 Å². The normalized spacial score (nSPS) is 17.2. The molecule has 0 aliphatic carbocycles. The number of ketones is 1. The highest BCUT2D eigenvalue weighted by atomic mass is 19.1. The molecule has 1 atom stereocenters. The van der Waals surface area contributed by atoms with Crippen LogP contribution in [0.3, 0.4) is 0 Å². The highest BCUT2D eigenvalue weighted by Gasteiger charge is 2.43. The van der Waals surface area contributed by atoms with Gasteiger partial charge in [0.2, 0.25) is 0 Å². The number of hydrogen-bond acceptors (Lipinski definition) is 3. The summed E-state index contributed by atoms with van der Waals surface area (Å²) in [5.41, 5.74) is 3.27. The van der Waals surface area contributed by atoms with Crippen LogP contribution in [0.2, 0.25) is 0 Å². The van der Waals surface area contributed by atoms with Crippen molar-refractivity contribution >= 4 is 17.4 Å². The van der Waals surface area contributed by atoms with Gasteiger partial charge in [0, 0.05) is 12.1 Å². The number of amides is 1. The van der Waals surface area contributed by atoms with Crippen molar-refractivity contribution in [1.82, 2.24) is 0 Å². The number of Topliss-reactive ketones (excluding diaryl/α,β-unsaturated/α-hetero) is 1. The third-order valence-corrected chi connectivity index (χ3v) is 4.78. The van der Waals surface area contributed by atoms with Gasteiger partial charge in [-0.05, 0) is 54.8 Å². The molecular formula is C21H20FNO3. The number of carbonyl (C=O) groups excluding carboxylic acids is 2. The molecule has 1 unspecified atom stereocenters. The summed E-state index contributed by atoms with van der Waals surface area (Å²) in [5, 5.41) is 10.4. The van der Waals surface area contributed by atoms with Crippen LogP contribution in [-0.4, -0.2) is 16.8 Å². The molecule has 2 aromatic rings. The maximum Gasteiger partial charge on any atom is 0.294 e. The number of nitrogens with zero attached hydrogens (tertiary/aromatic N) is 1. The van der Waals surface area contributed by atoms with Gasteiger partial charge in [-0.3, -0.25) is 14.5 Å². The maximum absolute atomic E-state index is 13.4. The van der Waals surface area contributed by atoms with Gasteiger partial charge in [-0.15, -0.1) is 0 Å². The van der Waals surface area contributed by atoms with Crippen LogP contribution in [0.4, 0.5) is 10.1 Å². The minimum absolute atomic E-state index is 0.0577. The van der Waals surface area contributed by atoms with Crippen molar-refractivity contribution in [2.45, 2.75) is 33.2 Å². The lowest BCUT2D eigenvalue weighted by atomic mass is 9.94. The fourth-order valence-corrected chi connectivity index (χ4v) is 3.18. The molecule has 0 saturated heterocycles. The van der Waals surface area contributed by atoms with E-state index in [0.29, 0.717) is 11.3 Å². The fraction of sp³-hybridized carbons (Fsp3) is 0.238. The molecule has 1 heterocycles. The molecule has 1 aliphatic rings. The minimum atomic E-state index is -0.780. The van der Waals surface area contributed by atoms with Crippen LogP contribution in [0.25, 0.3) is 0 Å². The van der Waals surface area contributed by atoms with E-state index in [0.717, 1.165) is 11.1 Å². The molecule has 1 N–H and O–H groups in total. The van der Waals surface area contributed by atoms with Gasteiger partial charge in [0.1, 0.15) is 5.82 Å². The van der Waals surface area contributed by atoms with Crippen LogP contribution in [0.15, 0.2) is 53.8 Å². The monoisotopic (exact) mass is 353 g/mol. The Morgan fingerprint density at radius 3 is 2.35 bits per heavy atom. The molecule has 4 nitrogen and oxygen atoms in total. The number of carbonyl (C=O) groups is 2. The molecule has 3 rings (SSSR count). The Hall–Kier alpha value is -2.95. The fourth-order valence-electron chi connectivity index (χ4n) is 3.18. The Kier molecular flexibility index (Phi) is 4.64. The zero-order valence-electron chi connectivity index (χ0n) is 14.9. The number of hydrogen-bond donors (Lipinski definition) is 1. The van der Waals surface area contributed by atoms with E-state index in [9.17, 15) is 19.1 Å². The number of anilines is 1. The second kappa shape index (κ2) is 6.75. The molecule has 0 spiro atoms. The number of rotatable bonds is 4. The molecule has 2 aromatic carbocycles. The number of halogens is 1. The summed E-state index contributed by atoms with van der Waals surface area (Å²) in [5.74, 6) is -1.88. The predicted molar refractivity (Wildman–Crippen MR) is 97.5 cm³/mol. The van der Waals surface area contributed by atoms with E-state index in [-0.39, 0.29) is 17.8 Å². The van der Waals surface area contributed by atoms with E-state index in [1.54, 1.807) is 13.0 Å². The molecule has 134 valence electrons. The van der Waals surface area contributed by atoms with Crippen molar-refractivity contribution in [3.63, 3.8) is 0 Å². The van der Waals surface area contributed by atoms with Crippen LogP contribution in [-0.2, 0) is 9.59 Å². The number of aryl methyl sites for hydroxylation is 2. The molecule has 0 aromatic heterocycles. The van der Waals surface area contributed by atoms with Crippen LogP contribution >= 0.6 is 0 Å². The zero-order valence-corrected chi connectivity index (χ0v) is 14.9. The first-order chi connectivity index (χ1) is 12.3. The minimum Gasteiger partial charge on any atom is -0.503 e. The third kappa shape index (κ3) is 2.90. The third-order valence-electron chi connectivity index (χ3n) is 4.78. The molecule has 1 aliphatic heterocycles. The van der Waals surface area contributed by atoms with Gasteiger partial charge >= 0.3 is 0 Å². The van der Waals surface area contributed by atoms with E-state index in [1.807, 2.05) is 26.0 Å². The summed E-state index contributed by atoms with van der Waals surface area (Å²) in [4.78, 5) is 26.6. The molecule has 0 saturated carbocycles. The summed E-state index contributed by atoms with van der Waals surface area (Å²) in [7, 11) is 0. The summed E-state index contributed by atoms with van der Waals surface area (Å²) in [6, 6.07) is 10.4. The lowest BCUT2D eigenvalue weighted by Gasteiger charge is -2.27. The number of aliphatic hydroxyl groups is 1. The number of aliphatic hydroxyl groups excluding tert-OH is 1. The van der Waals surface area contributed by atoms with Gasteiger partial charge in [-0.25, -0.2) is 4.39 Å². The maximum atomic E-state index is 13.4. The Balaban J connectivity index is 2.18. The molecule has 1 amide bonds. The largest absolute Gasteiger partial charge is 0.503 e. The van der Waals surface area contributed by atoms with E-state index in [4.69, 9.17) is 0 Å². The van der Waals surface area contributed by atoms with Crippen molar-refractivity contribution in [2.75, 3.05) is 4.90 Å². The van der Waals surface area contributed by atoms with E-state index >= 15 is 0 Å². The quantitative estimate of drug-likeness (QED) is 0.890. The van der Waals surface area contributed by atoms with Crippen molar-refractivity contribution < 1.29 is 19.1 Å². The number of benzene rings is 2. The molecule has 0 fully saturated rings. The first kappa shape index (κ1) is 17.9. The lowest BCUT2D eigenvalue weighted by Crippen LogP contribution is -2.31. The molecule has 0 bridgehead atoms. The van der Waals surface area contributed by atoms with Crippen LogP contribution < -0.4 is 4.90 Å². The topological polar surface area (TPSA) is 57.6 Å². The van der Waals surface area contributed by atoms with Crippen molar-refractivity contribution in [2.24, 2.45) is 0 Å². The lowest BCUT2D eigenvalue weighted by molar-refractivity contribution is -0.118. The average Bonchev–Trinajstić information content (AvgIpc) is 2.89. The van der Waals surface area contributed by atoms with Gasteiger partial charge in [0.15, 0.2) is 11.5 Å². The zero-order chi connectivity index (χ0) is 19.0. The summed E-state index contributed by atoms with van der Waals surface area (Å²) in [6.45, 7) is 5.56. The van der Waals surface area contributed by atoms with Gasteiger partial charge in [-0.2, -0.15) is 0 Å². The van der Waals surface area contributed by atoms with Gasteiger partial charge in [-0.1, -0.05) is 25.1 Å². The van der Waals surface area contributed by atoms with Crippen LogP contribution in [0, 0.1) is 19.7 Å². The predicted octanol–water partition coefficient (Wildman–Crippen LogP) is 4.32. The van der Waals surface area contributed by atoms with Crippen LogP contribution in [0.1, 0.15) is 36.1 Å². The Labute approximate surface area is 151 Å². The van der Waals surface area contributed by atoms with Crippen molar-refractivity contribution in [1.29, 1.82) is 0 Å². The second-order valence-corrected chi connectivity index (χ2v) is 6.44. The first-order valence-corrected chi connectivity index (χ1v) is 8.47. The highest BCUT2D eigenvalue weighted by Crippen LogP contribution is 2.41. The smallest absolute Gasteiger partial charge is 0.294 e. The Bertz CT molecular complexity index is 915. The Morgan fingerprint density at radius 1 is 1.12 bits per heavy atom. The SMILES string of the molecule is CCC(=O)C1=C(O)C(=O)N(c2ccc(C)c(C)c2)C1c1ccc(F)cc1.